The van der Waals surface area contributed by atoms with Gasteiger partial charge in [-0.15, -0.1) is 0 Å². The van der Waals surface area contributed by atoms with Crippen molar-refractivity contribution in [2.45, 2.75) is 18.9 Å². The number of hydrogen-bond acceptors (Lipinski definition) is 3. The molecule has 4 heteroatoms. The lowest BCUT2D eigenvalue weighted by molar-refractivity contribution is -0.117. The molecular weight excluding hydrogens is 348 g/mol. The van der Waals surface area contributed by atoms with Gasteiger partial charge in [-0.1, -0.05) is 54.6 Å². The average molecular weight is 372 g/mol. The van der Waals surface area contributed by atoms with Gasteiger partial charge in [-0.25, -0.2) is 0 Å². The predicted octanol–water partition coefficient (Wildman–Crippen LogP) is 5.04. The number of para-hydroxylation sites is 3. The summed E-state index contributed by atoms with van der Waals surface area (Å²) in [6, 6.07) is 25.9. The smallest absolute Gasteiger partial charge is 0.238 e. The molecule has 0 aliphatic heterocycles. The third kappa shape index (κ3) is 4.07. The van der Waals surface area contributed by atoms with E-state index in [9.17, 15) is 4.79 Å². The molecule has 0 fully saturated rings. The molecule has 4 rings (SSSR count). The second-order valence-electron chi connectivity index (χ2n) is 7.13. The Balaban J connectivity index is 1.42. The molecule has 0 heterocycles. The lowest BCUT2D eigenvalue weighted by Gasteiger charge is -2.24. The highest BCUT2D eigenvalue weighted by Gasteiger charge is 2.26. The minimum atomic E-state index is -0.0454. The van der Waals surface area contributed by atoms with E-state index in [1.165, 1.54) is 11.1 Å². The number of anilines is 1. The molecule has 1 atom stereocenters. The Bertz CT molecular complexity index is 956. The summed E-state index contributed by atoms with van der Waals surface area (Å²) in [4.78, 5) is 14.8. The highest BCUT2D eigenvalue weighted by atomic mass is 16.5. The van der Waals surface area contributed by atoms with Gasteiger partial charge in [0.25, 0.3) is 0 Å². The zero-order valence-corrected chi connectivity index (χ0v) is 16.0. The van der Waals surface area contributed by atoms with E-state index in [1.54, 1.807) is 0 Å². The molecule has 1 aliphatic rings. The molecule has 0 spiro atoms. The summed E-state index contributed by atoms with van der Waals surface area (Å²) in [7, 11) is 2.01. The summed E-state index contributed by atoms with van der Waals surface area (Å²) in [5, 5.41) is 3.00. The molecule has 0 unspecified atom stereocenters. The van der Waals surface area contributed by atoms with Gasteiger partial charge in [0.2, 0.25) is 5.91 Å². The van der Waals surface area contributed by atoms with E-state index < -0.39 is 0 Å². The summed E-state index contributed by atoms with van der Waals surface area (Å²) in [6.07, 6.45) is 2.12. The molecule has 1 N–H and O–H groups in total. The number of fused-ring (bicyclic) bond motifs is 1. The van der Waals surface area contributed by atoms with Crippen LogP contribution in [0.3, 0.4) is 0 Å². The fourth-order valence-corrected chi connectivity index (χ4v) is 3.79. The van der Waals surface area contributed by atoms with Gasteiger partial charge < -0.3 is 10.1 Å². The molecule has 0 radical (unpaired) electrons. The van der Waals surface area contributed by atoms with E-state index in [2.05, 4.69) is 34.5 Å². The third-order valence-electron chi connectivity index (χ3n) is 5.16. The molecule has 1 amide bonds. The van der Waals surface area contributed by atoms with Crippen LogP contribution >= 0.6 is 0 Å². The number of hydrogen-bond donors (Lipinski definition) is 1. The maximum atomic E-state index is 12.7. The molecule has 0 saturated heterocycles. The molecule has 0 aromatic heterocycles. The van der Waals surface area contributed by atoms with Crippen LogP contribution in [0, 0.1) is 0 Å². The Morgan fingerprint density at radius 2 is 1.71 bits per heavy atom. The fraction of sp³-hybridized carbons (Fsp3) is 0.208. The molecular formula is C24H24N2O2. The minimum absolute atomic E-state index is 0.0454. The lowest BCUT2D eigenvalue weighted by Crippen LogP contribution is -2.32. The maximum Gasteiger partial charge on any atom is 0.238 e. The standard InChI is InChI=1S/C24H24N2O2/c1-26(22-16-15-18-9-5-6-12-20(18)22)17-24(27)25-21-13-7-8-14-23(21)28-19-10-3-2-4-11-19/h2-14,22H,15-17H2,1H3,(H,25,27)/t22-/m1/s1. The van der Waals surface area contributed by atoms with Crippen molar-refractivity contribution in [3.63, 3.8) is 0 Å². The minimum Gasteiger partial charge on any atom is -0.455 e. The average Bonchev–Trinajstić information content (AvgIpc) is 3.14. The Morgan fingerprint density at radius 1 is 1.00 bits per heavy atom. The van der Waals surface area contributed by atoms with Crippen molar-refractivity contribution in [2.75, 3.05) is 18.9 Å². The summed E-state index contributed by atoms with van der Waals surface area (Å²) < 4.78 is 5.93. The zero-order valence-electron chi connectivity index (χ0n) is 16.0. The zero-order chi connectivity index (χ0) is 19.3. The number of aryl methyl sites for hydroxylation is 1. The third-order valence-corrected chi connectivity index (χ3v) is 5.16. The summed E-state index contributed by atoms with van der Waals surface area (Å²) in [5.74, 6) is 1.33. The van der Waals surface area contributed by atoms with Crippen molar-refractivity contribution in [3.05, 3.63) is 90.0 Å². The normalized spacial score (nSPS) is 15.3. The van der Waals surface area contributed by atoms with E-state index in [0.717, 1.165) is 18.6 Å². The summed E-state index contributed by atoms with van der Waals surface area (Å²) in [6.45, 7) is 0.332. The van der Waals surface area contributed by atoms with E-state index in [4.69, 9.17) is 4.74 Å². The van der Waals surface area contributed by atoms with Crippen molar-refractivity contribution < 1.29 is 9.53 Å². The number of nitrogens with zero attached hydrogens (tertiary/aromatic N) is 1. The van der Waals surface area contributed by atoms with Gasteiger partial charge >= 0.3 is 0 Å². The van der Waals surface area contributed by atoms with Crippen molar-refractivity contribution in [2.24, 2.45) is 0 Å². The highest BCUT2D eigenvalue weighted by Crippen LogP contribution is 2.35. The quantitative estimate of drug-likeness (QED) is 0.659. The van der Waals surface area contributed by atoms with Crippen molar-refractivity contribution in [1.82, 2.24) is 4.90 Å². The molecule has 28 heavy (non-hydrogen) atoms. The van der Waals surface area contributed by atoms with Crippen molar-refractivity contribution in [3.8, 4) is 11.5 Å². The van der Waals surface area contributed by atoms with E-state index in [-0.39, 0.29) is 11.9 Å². The lowest BCUT2D eigenvalue weighted by atomic mass is 10.1. The Kier molecular flexibility index (Phi) is 5.40. The number of nitrogens with one attached hydrogen (secondary N) is 1. The first-order valence-electron chi connectivity index (χ1n) is 9.60. The van der Waals surface area contributed by atoms with Crippen LogP contribution in [0.5, 0.6) is 11.5 Å². The Morgan fingerprint density at radius 3 is 2.57 bits per heavy atom. The van der Waals surface area contributed by atoms with Crippen LogP contribution in [0.25, 0.3) is 0 Å². The first-order chi connectivity index (χ1) is 13.7. The summed E-state index contributed by atoms with van der Waals surface area (Å²) >= 11 is 0. The summed E-state index contributed by atoms with van der Waals surface area (Å²) in [5.41, 5.74) is 3.41. The van der Waals surface area contributed by atoms with Crippen LogP contribution < -0.4 is 10.1 Å². The van der Waals surface area contributed by atoms with Crippen molar-refractivity contribution >= 4 is 11.6 Å². The number of carbonyl (C=O) groups excluding carboxylic acids is 1. The number of carbonyl (C=O) groups is 1. The predicted molar refractivity (Wildman–Crippen MR) is 112 cm³/mol. The fourth-order valence-electron chi connectivity index (χ4n) is 3.79. The topological polar surface area (TPSA) is 41.6 Å². The molecule has 142 valence electrons. The SMILES string of the molecule is CN(CC(=O)Nc1ccccc1Oc1ccccc1)[C@@H]1CCc2ccccc21. The van der Waals surface area contributed by atoms with Gasteiger partial charge in [0.05, 0.1) is 12.2 Å². The van der Waals surface area contributed by atoms with Crippen LogP contribution in [0.1, 0.15) is 23.6 Å². The van der Waals surface area contributed by atoms with Gasteiger partial charge in [0.1, 0.15) is 5.75 Å². The first kappa shape index (κ1) is 18.3. The molecule has 3 aromatic carbocycles. The van der Waals surface area contributed by atoms with Crippen LogP contribution in [0.2, 0.25) is 0 Å². The molecule has 0 saturated carbocycles. The molecule has 0 bridgehead atoms. The first-order valence-corrected chi connectivity index (χ1v) is 9.60. The monoisotopic (exact) mass is 372 g/mol. The van der Waals surface area contributed by atoms with Crippen LogP contribution in [0.4, 0.5) is 5.69 Å². The number of likely N-dealkylation sites (N-methyl/N-ethyl adjacent to an activating group) is 1. The van der Waals surface area contributed by atoms with Crippen LogP contribution in [0.15, 0.2) is 78.9 Å². The largest absolute Gasteiger partial charge is 0.455 e. The van der Waals surface area contributed by atoms with Crippen LogP contribution in [-0.2, 0) is 11.2 Å². The maximum absolute atomic E-state index is 12.7. The van der Waals surface area contributed by atoms with Crippen LogP contribution in [-0.4, -0.2) is 24.4 Å². The number of rotatable bonds is 6. The number of benzene rings is 3. The van der Waals surface area contributed by atoms with Gasteiger partial charge in [0.15, 0.2) is 5.75 Å². The molecule has 4 nitrogen and oxygen atoms in total. The number of amides is 1. The number of ether oxygens (including phenoxy) is 1. The second-order valence-corrected chi connectivity index (χ2v) is 7.13. The van der Waals surface area contributed by atoms with E-state index in [1.807, 2.05) is 61.6 Å². The highest BCUT2D eigenvalue weighted by molar-refractivity contribution is 5.93. The molecule has 1 aliphatic carbocycles. The molecule has 3 aromatic rings. The Hall–Kier alpha value is -3.11. The van der Waals surface area contributed by atoms with Crippen molar-refractivity contribution in [1.29, 1.82) is 0 Å². The van der Waals surface area contributed by atoms with Gasteiger partial charge in [-0.05, 0) is 55.3 Å². The second kappa shape index (κ2) is 8.28. The van der Waals surface area contributed by atoms with Gasteiger partial charge in [0, 0.05) is 6.04 Å². The Labute approximate surface area is 165 Å². The van der Waals surface area contributed by atoms with E-state index >= 15 is 0 Å². The van der Waals surface area contributed by atoms with Gasteiger partial charge in [-0.3, -0.25) is 9.69 Å². The van der Waals surface area contributed by atoms with E-state index in [0.29, 0.717) is 18.0 Å². The van der Waals surface area contributed by atoms with Gasteiger partial charge in [-0.2, -0.15) is 0 Å².